The topological polar surface area (TPSA) is 97.3 Å². The van der Waals surface area contributed by atoms with Gasteiger partial charge in [-0.15, -0.1) is 0 Å². The van der Waals surface area contributed by atoms with Crippen molar-refractivity contribution in [3.05, 3.63) is 0 Å². The van der Waals surface area contributed by atoms with Gasteiger partial charge in [0.05, 0.1) is 19.3 Å². The second-order valence-corrected chi connectivity index (χ2v) is 7.06. The average molecular weight is 370 g/mol. The highest BCUT2D eigenvalue weighted by atomic mass is 16.7. The van der Waals surface area contributed by atoms with Crippen LogP contribution < -0.4 is 5.32 Å². The molecule has 2 heterocycles. The third kappa shape index (κ3) is 7.16. The Morgan fingerprint density at radius 1 is 1.15 bits per heavy atom. The van der Waals surface area contributed by atoms with Crippen molar-refractivity contribution in [3.8, 4) is 0 Å². The molecule has 149 valence electrons. The average Bonchev–Trinajstić information content (AvgIpc) is 3.44. The van der Waals surface area contributed by atoms with Gasteiger partial charge in [-0.2, -0.15) is 0 Å². The second kappa shape index (κ2) is 11.9. The van der Waals surface area contributed by atoms with Crippen molar-refractivity contribution >= 4 is 13.2 Å². The second-order valence-electron chi connectivity index (χ2n) is 7.06. The van der Waals surface area contributed by atoms with Gasteiger partial charge in [0.2, 0.25) is 5.91 Å². The van der Waals surface area contributed by atoms with E-state index in [-0.39, 0.29) is 30.3 Å². The third-order valence-electron chi connectivity index (χ3n) is 4.88. The number of amides is 1. The SMILES string of the molecule is CCCCOCCNC(=O)CCCCCOC1OC(CO)C2[B]C2C1O. The monoisotopic (exact) mass is 370 g/mol. The number of aliphatic hydroxyl groups is 2. The first-order valence-corrected chi connectivity index (χ1v) is 9.92. The first kappa shape index (κ1) is 21.6. The first-order valence-electron chi connectivity index (χ1n) is 9.92. The Balaban J connectivity index is 1.42. The number of fused-ring (bicyclic) bond motifs is 1. The van der Waals surface area contributed by atoms with Gasteiger partial charge >= 0.3 is 0 Å². The molecule has 2 aliphatic heterocycles. The molecule has 0 aromatic rings. The Bertz CT molecular complexity index is 413. The maximum absolute atomic E-state index is 11.7. The highest BCUT2D eigenvalue weighted by molar-refractivity contribution is 6.54. The van der Waals surface area contributed by atoms with Crippen LogP contribution in [0.2, 0.25) is 11.6 Å². The maximum Gasteiger partial charge on any atom is 0.220 e. The van der Waals surface area contributed by atoms with Crippen molar-refractivity contribution in [2.24, 2.45) is 0 Å². The minimum Gasteiger partial charge on any atom is -0.394 e. The van der Waals surface area contributed by atoms with E-state index in [0.717, 1.165) is 38.7 Å². The molecular formula is C18H33BNO6. The van der Waals surface area contributed by atoms with Crippen LogP contribution in [-0.2, 0) is 19.0 Å². The number of hydrogen-bond donors (Lipinski definition) is 3. The van der Waals surface area contributed by atoms with Crippen LogP contribution in [0.25, 0.3) is 0 Å². The molecule has 0 aromatic carbocycles. The number of carbonyl (C=O) groups is 1. The van der Waals surface area contributed by atoms with Crippen LogP contribution in [0.3, 0.4) is 0 Å². The van der Waals surface area contributed by atoms with E-state index in [1.165, 1.54) is 0 Å². The fourth-order valence-electron chi connectivity index (χ4n) is 3.20. The van der Waals surface area contributed by atoms with Gasteiger partial charge in [0.15, 0.2) is 6.29 Å². The third-order valence-corrected chi connectivity index (χ3v) is 4.88. The van der Waals surface area contributed by atoms with Crippen LogP contribution in [0, 0.1) is 0 Å². The number of aliphatic hydroxyl groups excluding tert-OH is 2. The molecule has 1 amide bonds. The number of rotatable bonds is 14. The zero-order valence-corrected chi connectivity index (χ0v) is 15.8. The van der Waals surface area contributed by atoms with Crippen molar-refractivity contribution in [2.45, 2.75) is 75.6 Å². The highest BCUT2D eigenvalue weighted by Crippen LogP contribution is 2.52. The summed E-state index contributed by atoms with van der Waals surface area (Å²) in [6.07, 6.45) is 3.59. The van der Waals surface area contributed by atoms with E-state index in [4.69, 9.17) is 14.2 Å². The van der Waals surface area contributed by atoms with Crippen molar-refractivity contribution in [1.82, 2.24) is 5.32 Å². The molecule has 0 saturated carbocycles. The highest BCUT2D eigenvalue weighted by Gasteiger charge is 2.55. The molecule has 0 aromatic heterocycles. The molecule has 2 aliphatic rings. The van der Waals surface area contributed by atoms with Crippen LogP contribution in [0.1, 0.15) is 45.4 Å². The van der Waals surface area contributed by atoms with Crippen LogP contribution in [0.5, 0.6) is 0 Å². The fraction of sp³-hybridized carbons (Fsp3) is 0.944. The van der Waals surface area contributed by atoms with Crippen LogP contribution >= 0.6 is 0 Å². The molecule has 1 radical (unpaired) electrons. The molecule has 0 spiro atoms. The number of hydrogen-bond acceptors (Lipinski definition) is 6. The Kier molecular flexibility index (Phi) is 9.92. The van der Waals surface area contributed by atoms with E-state index in [1.807, 2.05) is 7.28 Å². The van der Waals surface area contributed by atoms with Crippen LogP contribution in [0.15, 0.2) is 0 Å². The lowest BCUT2D eigenvalue weighted by Crippen LogP contribution is -2.41. The summed E-state index contributed by atoms with van der Waals surface area (Å²) in [4.78, 5) is 11.7. The van der Waals surface area contributed by atoms with E-state index < -0.39 is 12.4 Å². The van der Waals surface area contributed by atoms with Gasteiger partial charge in [-0.3, -0.25) is 4.79 Å². The molecule has 2 fully saturated rings. The fourth-order valence-corrected chi connectivity index (χ4v) is 3.20. The molecule has 2 rings (SSSR count). The van der Waals surface area contributed by atoms with Crippen molar-refractivity contribution < 1.29 is 29.2 Å². The molecule has 0 aliphatic carbocycles. The molecule has 7 nitrogen and oxygen atoms in total. The first-order chi connectivity index (χ1) is 12.7. The lowest BCUT2D eigenvalue weighted by Gasteiger charge is -2.33. The lowest BCUT2D eigenvalue weighted by molar-refractivity contribution is -0.236. The van der Waals surface area contributed by atoms with E-state index in [9.17, 15) is 15.0 Å². The Labute approximate surface area is 157 Å². The molecule has 26 heavy (non-hydrogen) atoms. The summed E-state index contributed by atoms with van der Waals surface area (Å²) >= 11 is 0. The summed E-state index contributed by atoms with van der Waals surface area (Å²) in [5, 5.41) is 22.2. The molecule has 5 atom stereocenters. The van der Waals surface area contributed by atoms with Gasteiger partial charge in [0, 0.05) is 26.2 Å². The van der Waals surface area contributed by atoms with Gasteiger partial charge in [0.25, 0.3) is 0 Å². The summed E-state index contributed by atoms with van der Waals surface area (Å²) in [6.45, 7) is 4.43. The minimum absolute atomic E-state index is 0.0526. The summed E-state index contributed by atoms with van der Waals surface area (Å²) in [6, 6.07) is 0. The number of ether oxygens (including phenoxy) is 3. The molecule has 5 unspecified atom stereocenters. The maximum atomic E-state index is 11.7. The van der Waals surface area contributed by atoms with Crippen LogP contribution in [0.4, 0.5) is 0 Å². The van der Waals surface area contributed by atoms with E-state index in [0.29, 0.717) is 26.2 Å². The van der Waals surface area contributed by atoms with E-state index in [2.05, 4.69) is 12.2 Å². The Morgan fingerprint density at radius 2 is 2.00 bits per heavy atom. The zero-order valence-electron chi connectivity index (χ0n) is 15.8. The van der Waals surface area contributed by atoms with Gasteiger partial charge in [0.1, 0.15) is 13.4 Å². The zero-order chi connectivity index (χ0) is 18.8. The number of unbranched alkanes of at least 4 members (excludes halogenated alkanes) is 3. The predicted molar refractivity (Wildman–Crippen MR) is 98.2 cm³/mol. The lowest BCUT2D eigenvalue weighted by atomic mass is 9.96. The van der Waals surface area contributed by atoms with E-state index >= 15 is 0 Å². The molecular weight excluding hydrogens is 337 g/mol. The van der Waals surface area contributed by atoms with Crippen molar-refractivity contribution in [2.75, 3.05) is 33.0 Å². The summed E-state index contributed by atoms with van der Waals surface area (Å²) in [5.41, 5.74) is 0. The van der Waals surface area contributed by atoms with Gasteiger partial charge in [-0.25, -0.2) is 0 Å². The smallest absolute Gasteiger partial charge is 0.220 e. The van der Waals surface area contributed by atoms with Gasteiger partial charge < -0.3 is 29.7 Å². The van der Waals surface area contributed by atoms with Gasteiger partial charge in [-0.05, 0) is 30.9 Å². The minimum atomic E-state index is -0.664. The Hall–Kier alpha value is -0.665. The van der Waals surface area contributed by atoms with Gasteiger partial charge in [-0.1, -0.05) is 19.8 Å². The number of nitrogens with one attached hydrogen (secondary N) is 1. The van der Waals surface area contributed by atoms with Crippen LogP contribution in [-0.4, -0.2) is 74.9 Å². The van der Waals surface area contributed by atoms with E-state index in [1.54, 1.807) is 0 Å². The summed E-state index contributed by atoms with van der Waals surface area (Å²) in [7, 11) is 2.00. The largest absolute Gasteiger partial charge is 0.394 e. The molecule has 3 N–H and O–H groups in total. The number of carbonyl (C=O) groups excluding carboxylic acids is 1. The quantitative estimate of drug-likeness (QED) is 0.310. The molecule has 8 heteroatoms. The standard InChI is InChI=1S/C18H33BNO6/c1-2-3-9-24-11-8-20-14(22)7-5-4-6-10-25-18-17(23)16-15(19-16)13(12-21)26-18/h13,15-18,21,23H,2-12H2,1H3,(H,20,22). The summed E-state index contributed by atoms with van der Waals surface area (Å²) < 4.78 is 16.6. The summed E-state index contributed by atoms with van der Waals surface area (Å²) in [5.74, 6) is 0.295. The van der Waals surface area contributed by atoms with Crippen molar-refractivity contribution in [1.29, 1.82) is 0 Å². The van der Waals surface area contributed by atoms with Crippen molar-refractivity contribution in [3.63, 3.8) is 0 Å². The predicted octanol–water partition coefficient (Wildman–Crippen LogP) is 0.869. The normalized spacial score (nSPS) is 29.7. The molecule has 2 saturated heterocycles. The Morgan fingerprint density at radius 3 is 2.77 bits per heavy atom. The molecule has 0 bridgehead atoms.